The highest BCUT2D eigenvalue weighted by Crippen LogP contribution is 2.60. The lowest BCUT2D eigenvalue weighted by Crippen LogP contribution is -2.23. The van der Waals surface area contributed by atoms with E-state index >= 15 is 0 Å². The maximum atomic E-state index is 2.46. The van der Waals surface area contributed by atoms with Gasteiger partial charge in [0, 0.05) is 0 Å². The maximum absolute atomic E-state index is 2.46. The van der Waals surface area contributed by atoms with Crippen LogP contribution in [0.2, 0.25) is 0 Å². The summed E-state index contributed by atoms with van der Waals surface area (Å²) in [6.07, 6.45) is 3.96. The smallest absolute Gasteiger partial charge is 0.00796 e. The van der Waals surface area contributed by atoms with Gasteiger partial charge in [0.1, 0.15) is 0 Å². The van der Waals surface area contributed by atoms with Gasteiger partial charge in [0.25, 0.3) is 0 Å². The minimum absolute atomic E-state index is 0.403. The third-order valence-electron chi connectivity index (χ3n) is 4.88. The molecule has 100 valence electrons. The van der Waals surface area contributed by atoms with Crippen molar-refractivity contribution in [1.29, 1.82) is 0 Å². The van der Waals surface area contributed by atoms with Crippen LogP contribution in [-0.4, -0.2) is 0 Å². The second-order valence-corrected chi connectivity index (χ2v) is 7.18. The van der Waals surface area contributed by atoms with Crippen molar-refractivity contribution in [2.45, 2.75) is 74.7 Å². The molecule has 0 nitrogen and oxygen atoms in total. The van der Waals surface area contributed by atoms with Crippen LogP contribution >= 0.6 is 0 Å². The van der Waals surface area contributed by atoms with Gasteiger partial charge in [-0.25, -0.2) is 0 Å². The van der Waals surface area contributed by atoms with Crippen molar-refractivity contribution >= 4 is 0 Å². The van der Waals surface area contributed by atoms with E-state index in [1.54, 1.807) is 11.1 Å². The first-order chi connectivity index (χ1) is 7.72. The van der Waals surface area contributed by atoms with E-state index in [2.05, 4.69) is 55.4 Å². The number of allylic oxidation sites excluding steroid dienone is 2. The van der Waals surface area contributed by atoms with Gasteiger partial charge in [-0.1, -0.05) is 66.5 Å². The van der Waals surface area contributed by atoms with Gasteiger partial charge in [0.05, 0.1) is 0 Å². The van der Waals surface area contributed by atoms with Gasteiger partial charge in [-0.3, -0.25) is 0 Å². The molecule has 0 aromatic carbocycles. The Hall–Kier alpha value is -0.260. The van der Waals surface area contributed by atoms with Crippen LogP contribution in [0.1, 0.15) is 74.7 Å². The van der Waals surface area contributed by atoms with E-state index in [0.29, 0.717) is 22.7 Å². The van der Waals surface area contributed by atoms with Gasteiger partial charge in [-0.2, -0.15) is 0 Å². The molecule has 0 aliphatic heterocycles. The van der Waals surface area contributed by atoms with Crippen LogP contribution in [0.4, 0.5) is 0 Å². The summed E-state index contributed by atoms with van der Waals surface area (Å²) in [7, 11) is 0. The van der Waals surface area contributed by atoms with E-state index in [0.717, 1.165) is 0 Å². The van der Waals surface area contributed by atoms with E-state index in [1.165, 1.54) is 19.3 Å². The molecule has 0 saturated heterocycles. The predicted molar refractivity (Wildman–Crippen MR) is 78.1 cm³/mol. The van der Waals surface area contributed by atoms with Gasteiger partial charge in [-0.05, 0) is 41.9 Å². The van der Waals surface area contributed by atoms with E-state index in [1.807, 2.05) is 0 Å². The Labute approximate surface area is 109 Å². The Morgan fingerprint density at radius 3 is 1.59 bits per heavy atom. The summed E-state index contributed by atoms with van der Waals surface area (Å²) in [6, 6.07) is 0. The topological polar surface area (TPSA) is 0 Å². The van der Waals surface area contributed by atoms with Crippen molar-refractivity contribution in [1.82, 2.24) is 0 Å². The molecule has 0 radical (unpaired) electrons. The molecular weight excluding hydrogens is 204 g/mol. The van der Waals surface area contributed by atoms with E-state index in [9.17, 15) is 0 Å². The standard InChI is InChI=1S/C17H32/c1-9-17(10-2)11-16(7,8)14(12(3)4)15(17)13(5)6/h12-13H,9-11H2,1-8H3. The second kappa shape index (κ2) is 4.78. The average molecular weight is 236 g/mol. The zero-order valence-electron chi connectivity index (χ0n) is 13.3. The molecule has 0 bridgehead atoms. The molecular formula is C17H32. The molecule has 0 amide bonds. The van der Waals surface area contributed by atoms with Crippen LogP contribution in [0.5, 0.6) is 0 Å². The highest BCUT2D eigenvalue weighted by molar-refractivity contribution is 5.36. The Balaban J connectivity index is 3.43. The van der Waals surface area contributed by atoms with Gasteiger partial charge in [0.2, 0.25) is 0 Å². The van der Waals surface area contributed by atoms with E-state index in [-0.39, 0.29) is 0 Å². The molecule has 1 rings (SSSR count). The zero-order chi connectivity index (χ0) is 13.4. The van der Waals surface area contributed by atoms with Crippen LogP contribution in [0.25, 0.3) is 0 Å². The molecule has 1 aliphatic rings. The predicted octanol–water partition coefficient (Wildman–Crippen LogP) is 5.83. The summed E-state index contributed by atoms with van der Waals surface area (Å²) in [5.74, 6) is 1.40. The lowest BCUT2D eigenvalue weighted by atomic mass is 9.71. The zero-order valence-corrected chi connectivity index (χ0v) is 13.3. The summed E-state index contributed by atoms with van der Waals surface area (Å²) in [5.41, 5.74) is 4.44. The highest BCUT2D eigenvalue weighted by atomic mass is 14.5. The lowest BCUT2D eigenvalue weighted by Gasteiger charge is -2.34. The second-order valence-electron chi connectivity index (χ2n) is 7.18. The third kappa shape index (κ3) is 2.33. The SMILES string of the molecule is CCC1(CC)CC(C)(C)C(C(C)C)=C1C(C)C. The first kappa shape index (κ1) is 14.8. The maximum Gasteiger partial charge on any atom is -0.00796 e. The molecule has 0 fully saturated rings. The lowest BCUT2D eigenvalue weighted by molar-refractivity contribution is 0.237. The monoisotopic (exact) mass is 236 g/mol. The summed E-state index contributed by atoms with van der Waals surface area (Å²) in [6.45, 7) is 19.2. The minimum Gasteiger partial charge on any atom is -0.0645 e. The van der Waals surface area contributed by atoms with Crippen LogP contribution < -0.4 is 0 Å². The van der Waals surface area contributed by atoms with Crippen LogP contribution in [-0.2, 0) is 0 Å². The van der Waals surface area contributed by atoms with E-state index < -0.39 is 0 Å². The number of rotatable bonds is 4. The molecule has 0 saturated carbocycles. The summed E-state index contributed by atoms with van der Waals surface area (Å²) >= 11 is 0. The molecule has 1 aliphatic carbocycles. The molecule has 0 aromatic heterocycles. The van der Waals surface area contributed by atoms with Crippen molar-refractivity contribution in [2.75, 3.05) is 0 Å². The minimum atomic E-state index is 0.403. The Bertz CT molecular complexity index is 298. The van der Waals surface area contributed by atoms with E-state index in [4.69, 9.17) is 0 Å². The molecule has 0 unspecified atom stereocenters. The summed E-state index contributed by atoms with van der Waals surface area (Å²) < 4.78 is 0. The Morgan fingerprint density at radius 1 is 0.882 bits per heavy atom. The first-order valence-corrected chi connectivity index (χ1v) is 7.47. The Morgan fingerprint density at radius 2 is 1.29 bits per heavy atom. The molecule has 0 spiro atoms. The van der Waals surface area contributed by atoms with Gasteiger partial charge in [0.15, 0.2) is 0 Å². The van der Waals surface area contributed by atoms with Gasteiger partial charge < -0.3 is 0 Å². The summed E-state index contributed by atoms with van der Waals surface area (Å²) in [4.78, 5) is 0. The van der Waals surface area contributed by atoms with Crippen molar-refractivity contribution < 1.29 is 0 Å². The third-order valence-corrected chi connectivity index (χ3v) is 4.88. The fourth-order valence-corrected chi connectivity index (χ4v) is 4.58. The quantitative estimate of drug-likeness (QED) is 0.539. The molecule has 17 heavy (non-hydrogen) atoms. The largest absolute Gasteiger partial charge is 0.0645 e. The van der Waals surface area contributed by atoms with Crippen molar-refractivity contribution in [3.63, 3.8) is 0 Å². The van der Waals surface area contributed by atoms with Crippen molar-refractivity contribution in [3.8, 4) is 0 Å². The van der Waals surface area contributed by atoms with Crippen molar-refractivity contribution in [2.24, 2.45) is 22.7 Å². The fraction of sp³-hybridized carbons (Fsp3) is 0.882. The molecule has 0 atom stereocenters. The van der Waals surface area contributed by atoms with Crippen LogP contribution in [0, 0.1) is 22.7 Å². The summed E-state index contributed by atoms with van der Waals surface area (Å²) in [5, 5.41) is 0. The molecule has 0 heterocycles. The number of hydrogen-bond donors (Lipinski definition) is 0. The van der Waals surface area contributed by atoms with Crippen molar-refractivity contribution in [3.05, 3.63) is 11.1 Å². The molecule has 0 heteroatoms. The van der Waals surface area contributed by atoms with Crippen LogP contribution in [0.3, 0.4) is 0 Å². The molecule has 0 aromatic rings. The fourth-order valence-electron chi connectivity index (χ4n) is 4.58. The van der Waals surface area contributed by atoms with Gasteiger partial charge >= 0.3 is 0 Å². The first-order valence-electron chi connectivity index (χ1n) is 7.47. The normalized spacial score (nSPS) is 22.9. The highest BCUT2D eigenvalue weighted by Gasteiger charge is 2.48. The van der Waals surface area contributed by atoms with Crippen LogP contribution in [0.15, 0.2) is 11.1 Å². The number of hydrogen-bond acceptors (Lipinski definition) is 0. The van der Waals surface area contributed by atoms with Gasteiger partial charge in [-0.15, -0.1) is 0 Å². The average Bonchev–Trinajstić information content (AvgIpc) is 2.46. The molecule has 0 N–H and O–H groups in total. The Kier molecular flexibility index (Phi) is 4.16.